The topological polar surface area (TPSA) is 123 Å². The Hall–Kier alpha value is -4.15. The van der Waals surface area contributed by atoms with Gasteiger partial charge in [0.25, 0.3) is 5.91 Å². The van der Waals surface area contributed by atoms with Crippen LogP contribution in [0.15, 0.2) is 66.7 Å². The number of halogens is 2. The average molecular weight is 567 g/mol. The zero-order valence-electron chi connectivity index (χ0n) is 23.4. The maximum absolute atomic E-state index is 14.0. The molecule has 41 heavy (non-hydrogen) atoms. The SMILES string of the molecule is CCNC(=O)c1ccccc1-c1ccc(CNC(=O)[C@@H](COCc2c(F)cccc2F)NC(=O)CC(C)(C)N)cc1. The third-order valence-corrected chi connectivity index (χ3v) is 6.10. The van der Waals surface area contributed by atoms with Crippen LogP contribution < -0.4 is 21.7 Å². The summed E-state index contributed by atoms with van der Waals surface area (Å²) in [6.45, 7) is 5.14. The molecule has 1 atom stereocenters. The van der Waals surface area contributed by atoms with Crippen molar-refractivity contribution in [1.29, 1.82) is 0 Å². The van der Waals surface area contributed by atoms with Crippen LogP contribution in [0.2, 0.25) is 0 Å². The van der Waals surface area contributed by atoms with Crippen molar-refractivity contribution in [1.82, 2.24) is 16.0 Å². The first-order valence-electron chi connectivity index (χ1n) is 13.3. The smallest absolute Gasteiger partial charge is 0.251 e. The second kappa shape index (κ2) is 14.5. The second-order valence-electron chi connectivity index (χ2n) is 10.3. The number of hydrogen-bond donors (Lipinski definition) is 4. The molecular formula is C31H36F2N4O4. The molecule has 8 nitrogen and oxygen atoms in total. The third kappa shape index (κ3) is 9.47. The Kier molecular flexibility index (Phi) is 11.1. The number of rotatable bonds is 13. The number of nitrogens with one attached hydrogen (secondary N) is 3. The van der Waals surface area contributed by atoms with Gasteiger partial charge in [0, 0.05) is 36.2 Å². The van der Waals surface area contributed by atoms with Crippen molar-refractivity contribution in [3.05, 3.63) is 95.1 Å². The number of benzene rings is 3. The van der Waals surface area contributed by atoms with Crippen molar-refractivity contribution in [2.75, 3.05) is 13.2 Å². The largest absolute Gasteiger partial charge is 0.374 e. The predicted octanol–water partition coefficient (Wildman–Crippen LogP) is 3.83. The average Bonchev–Trinajstić information content (AvgIpc) is 2.92. The first-order valence-corrected chi connectivity index (χ1v) is 13.3. The first-order chi connectivity index (χ1) is 19.5. The minimum absolute atomic E-state index is 0.0437. The zero-order valence-corrected chi connectivity index (χ0v) is 23.4. The first kappa shape index (κ1) is 31.4. The fourth-order valence-corrected chi connectivity index (χ4v) is 4.09. The van der Waals surface area contributed by atoms with Gasteiger partial charge in [0.2, 0.25) is 11.8 Å². The molecule has 10 heteroatoms. The fourth-order valence-electron chi connectivity index (χ4n) is 4.09. The van der Waals surface area contributed by atoms with E-state index in [-0.39, 0.29) is 31.0 Å². The normalized spacial score (nSPS) is 12.0. The number of hydrogen-bond acceptors (Lipinski definition) is 5. The van der Waals surface area contributed by atoms with Crippen molar-refractivity contribution in [2.45, 2.75) is 51.9 Å². The summed E-state index contributed by atoms with van der Waals surface area (Å²) in [7, 11) is 0. The van der Waals surface area contributed by atoms with Crippen LogP contribution in [0.4, 0.5) is 8.78 Å². The van der Waals surface area contributed by atoms with Gasteiger partial charge in [0.05, 0.1) is 13.2 Å². The molecule has 0 aliphatic carbocycles. The highest BCUT2D eigenvalue weighted by atomic mass is 19.1. The number of nitrogens with two attached hydrogens (primary N) is 1. The lowest BCUT2D eigenvalue weighted by molar-refractivity contribution is -0.131. The summed E-state index contributed by atoms with van der Waals surface area (Å²) in [6.07, 6.45) is -0.0437. The van der Waals surface area contributed by atoms with Crippen LogP contribution in [-0.4, -0.2) is 42.5 Å². The summed E-state index contributed by atoms with van der Waals surface area (Å²) >= 11 is 0. The molecule has 0 unspecified atom stereocenters. The summed E-state index contributed by atoms with van der Waals surface area (Å²) in [5.74, 6) is -2.69. The standard InChI is InChI=1S/C31H36F2N4O4/c1-4-35-29(39)23-9-6-5-8-22(23)21-14-12-20(13-15-21)17-36-30(40)27(37-28(38)16-31(2,3)34)19-41-18-24-25(32)10-7-11-26(24)33/h5-15,27H,4,16-19,34H2,1-3H3,(H,35,39)(H,36,40)(H,37,38)/t27-/m1/s1. The highest BCUT2D eigenvalue weighted by Gasteiger charge is 2.24. The highest BCUT2D eigenvalue weighted by molar-refractivity contribution is 6.00. The molecule has 0 heterocycles. The van der Waals surface area contributed by atoms with Crippen molar-refractivity contribution < 1.29 is 27.9 Å². The molecule has 218 valence electrons. The summed E-state index contributed by atoms with van der Waals surface area (Å²) in [6, 6.07) is 17.0. The van der Waals surface area contributed by atoms with Gasteiger partial charge in [-0.05, 0) is 55.7 Å². The molecule has 3 aromatic rings. The zero-order chi connectivity index (χ0) is 30.0. The van der Waals surface area contributed by atoms with Gasteiger partial charge in [-0.1, -0.05) is 48.5 Å². The van der Waals surface area contributed by atoms with E-state index in [0.29, 0.717) is 12.1 Å². The van der Waals surface area contributed by atoms with Crippen LogP contribution in [-0.2, 0) is 27.5 Å². The molecule has 0 saturated carbocycles. The Morgan fingerprint density at radius 2 is 1.59 bits per heavy atom. The highest BCUT2D eigenvalue weighted by Crippen LogP contribution is 2.24. The van der Waals surface area contributed by atoms with Crippen molar-refractivity contribution in [2.24, 2.45) is 5.73 Å². The lowest BCUT2D eigenvalue weighted by Gasteiger charge is -2.22. The molecule has 0 aliphatic heterocycles. The van der Waals surface area contributed by atoms with Crippen LogP contribution in [0.25, 0.3) is 11.1 Å². The van der Waals surface area contributed by atoms with Gasteiger partial charge in [-0.15, -0.1) is 0 Å². The van der Waals surface area contributed by atoms with Gasteiger partial charge in [0.1, 0.15) is 17.7 Å². The Morgan fingerprint density at radius 1 is 0.927 bits per heavy atom. The van der Waals surface area contributed by atoms with E-state index in [9.17, 15) is 23.2 Å². The van der Waals surface area contributed by atoms with Gasteiger partial charge in [-0.2, -0.15) is 0 Å². The van der Waals surface area contributed by atoms with E-state index in [2.05, 4.69) is 16.0 Å². The molecule has 3 amide bonds. The molecule has 0 fully saturated rings. The van der Waals surface area contributed by atoms with Gasteiger partial charge < -0.3 is 26.4 Å². The Morgan fingerprint density at radius 3 is 2.22 bits per heavy atom. The lowest BCUT2D eigenvalue weighted by atomic mass is 9.98. The maximum Gasteiger partial charge on any atom is 0.251 e. The van der Waals surface area contributed by atoms with Crippen LogP contribution >= 0.6 is 0 Å². The van der Waals surface area contributed by atoms with E-state index >= 15 is 0 Å². The predicted molar refractivity (Wildman–Crippen MR) is 153 cm³/mol. The molecule has 3 aromatic carbocycles. The molecule has 5 N–H and O–H groups in total. The van der Waals surface area contributed by atoms with Crippen LogP contribution in [0.1, 0.15) is 48.7 Å². The molecule has 0 bridgehead atoms. The summed E-state index contributed by atoms with van der Waals surface area (Å²) < 4.78 is 33.4. The quantitative estimate of drug-likeness (QED) is 0.251. The molecule has 0 aromatic heterocycles. The fraction of sp³-hybridized carbons (Fsp3) is 0.323. The number of carbonyl (C=O) groups excluding carboxylic acids is 3. The van der Waals surface area contributed by atoms with Gasteiger partial charge in [-0.3, -0.25) is 14.4 Å². The van der Waals surface area contributed by atoms with Crippen molar-refractivity contribution in [3.8, 4) is 11.1 Å². The van der Waals surface area contributed by atoms with E-state index in [0.717, 1.165) is 28.8 Å². The van der Waals surface area contributed by atoms with E-state index < -0.39 is 41.6 Å². The Balaban J connectivity index is 1.66. The van der Waals surface area contributed by atoms with Gasteiger partial charge >= 0.3 is 0 Å². The Labute approximate surface area is 238 Å². The van der Waals surface area contributed by atoms with Crippen molar-refractivity contribution in [3.63, 3.8) is 0 Å². The van der Waals surface area contributed by atoms with Crippen LogP contribution in [0, 0.1) is 11.6 Å². The number of amides is 3. The molecule has 0 spiro atoms. The molecular weight excluding hydrogens is 530 g/mol. The molecule has 0 radical (unpaired) electrons. The number of ether oxygens (including phenoxy) is 1. The van der Waals surface area contributed by atoms with Gasteiger partial charge in [-0.25, -0.2) is 8.78 Å². The van der Waals surface area contributed by atoms with Crippen LogP contribution in [0.5, 0.6) is 0 Å². The molecule has 3 rings (SSSR count). The number of carbonyl (C=O) groups is 3. The van der Waals surface area contributed by atoms with Crippen molar-refractivity contribution >= 4 is 17.7 Å². The van der Waals surface area contributed by atoms with E-state index in [4.69, 9.17) is 10.5 Å². The summed E-state index contributed by atoms with van der Waals surface area (Å²) in [4.78, 5) is 38.0. The maximum atomic E-state index is 14.0. The van der Waals surface area contributed by atoms with E-state index in [1.165, 1.54) is 6.07 Å². The lowest BCUT2D eigenvalue weighted by Crippen LogP contribution is -2.51. The molecule has 0 aliphatic rings. The second-order valence-corrected chi connectivity index (χ2v) is 10.3. The minimum atomic E-state index is -1.12. The van der Waals surface area contributed by atoms with E-state index in [1.54, 1.807) is 26.0 Å². The molecule has 0 saturated heterocycles. The minimum Gasteiger partial charge on any atom is -0.374 e. The van der Waals surface area contributed by atoms with E-state index in [1.807, 2.05) is 43.3 Å². The monoisotopic (exact) mass is 566 g/mol. The van der Waals surface area contributed by atoms with Crippen LogP contribution in [0.3, 0.4) is 0 Å². The third-order valence-electron chi connectivity index (χ3n) is 6.10. The Bertz CT molecular complexity index is 1340. The van der Waals surface area contributed by atoms with Gasteiger partial charge in [0.15, 0.2) is 0 Å². The summed E-state index contributed by atoms with van der Waals surface area (Å²) in [5, 5.41) is 8.18. The summed E-state index contributed by atoms with van der Waals surface area (Å²) in [5.41, 5.74) is 7.81.